The van der Waals surface area contributed by atoms with E-state index >= 15 is 4.39 Å². The fraction of sp³-hybridized carbons (Fsp3) is 0.548. The van der Waals surface area contributed by atoms with Gasteiger partial charge in [-0.15, -0.1) is 0 Å². The standard InChI is InChI=1S/C26H31ClFN3O4.C15H21FN2O3.CH4.K.H/c27-18-3-5-19(6-4-18)31-12-9-17(15-31)26(33)29-21(16-30-10-1-2-11-30)24(32)20-7-8-22-25(23(20)28)35-14-13-34-22;16-13-10(3-4-12-15(13)21-8-7-20-12)14(19)11(17)9-18-5-1-2-6-18;;;/h3-8,17,21,24,32H,1-2,9-16H2,(H,29,33);3-4,11,14,19H,1-2,5-9,17H2;1H4;;/q;;;+1;-1/t17-,21-,24-;11-,14-;;;/m11.../s1. The molecule has 3 fully saturated rings. The number of benzene rings is 3. The monoisotopic (exact) mass is 855 g/mol. The van der Waals surface area contributed by atoms with Crippen LogP contribution in [0.2, 0.25) is 5.02 Å². The van der Waals surface area contributed by atoms with Crippen LogP contribution in [-0.4, -0.2) is 117 Å². The molecule has 3 aromatic carbocycles. The summed E-state index contributed by atoms with van der Waals surface area (Å²) in [5.74, 6) is -0.742. The van der Waals surface area contributed by atoms with Crippen LogP contribution in [0.25, 0.3) is 0 Å². The average molecular weight is 856 g/mol. The molecule has 8 rings (SSSR count). The first-order valence-electron chi connectivity index (χ1n) is 19.7. The number of nitrogens with zero attached hydrogens (tertiary/aromatic N) is 3. The minimum atomic E-state index is -1.22. The number of amides is 1. The third-order valence-corrected chi connectivity index (χ3v) is 11.4. The van der Waals surface area contributed by atoms with E-state index in [2.05, 4.69) is 20.0 Å². The van der Waals surface area contributed by atoms with Crippen molar-refractivity contribution < 1.29 is 95.5 Å². The largest absolute Gasteiger partial charge is 1.00 e. The number of fused-ring (bicyclic) bond motifs is 2. The van der Waals surface area contributed by atoms with Crippen LogP contribution in [0.1, 0.15) is 64.3 Å². The smallest absolute Gasteiger partial charge is 1.00 e. The van der Waals surface area contributed by atoms with E-state index < -0.39 is 35.9 Å². The minimum Gasteiger partial charge on any atom is -1.00 e. The van der Waals surface area contributed by atoms with Gasteiger partial charge in [-0.3, -0.25) is 4.79 Å². The second-order valence-corrected chi connectivity index (χ2v) is 15.5. The van der Waals surface area contributed by atoms with Crippen LogP contribution in [0.4, 0.5) is 14.5 Å². The quantitative estimate of drug-likeness (QED) is 0.211. The van der Waals surface area contributed by atoms with Crippen molar-refractivity contribution >= 4 is 23.2 Å². The molecule has 5 N–H and O–H groups in total. The second kappa shape index (κ2) is 22.0. The van der Waals surface area contributed by atoms with Crippen molar-refractivity contribution in [1.29, 1.82) is 0 Å². The van der Waals surface area contributed by atoms with Gasteiger partial charge < -0.3 is 56.3 Å². The molecule has 5 heterocycles. The molecule has 1 amide bonds. The molecule has 0 saturated carbocycles. The number of anilines is 1. The number of hydrogen-bond donors (Lipinski definition) is 4. The van der Waals surface area contributed by atoms with Crippen LogP contribution in [-0.2, 0) is 4.79 Å². The Morgan fingerprint density at radius 2 is 1.28 bits per heavy atom. The molecule has 0 aliphatic carbocycles. The van der Waals surface area contributed by atoms with Gasteiger partial charge in [-0.2, -0.15) is 0 Å². The summed E-state index contributed by atoms with van der Waals surface area (Å²) in [5.41, 5.74) is 7.35. The van der Waals surface area contributed by atoms with Gasteiger partial charge in [-0.1, -0.05) is 19.0 Å². The zero-order valence-electron chi connectivity index (χ0n) is 33.5. The van der Waals surface area contributed by atoms with Crippen molar-refractivity contribution in [3.8, 4) is 23.0 Å². The molecule has 3 aromatic rings. The SMILES string of the molecule is C.N[C@H](CN1CCCC1)[C@H](O)c1ccc2c(c1F)OCCO2.O=C(N[C@H](CN1CCCC1)[C@H](O)c1ccc2c(c1F)OCCO2)[C@@H]1CCN(c2ccc(Cl)cc2)C1.[H-].[K+]. The van der Waals surface area contributed by atoms with Gasteiger partial charge in [0.25, 0.3) is 0 Å². The number of carbonyl (C=O) groups excluding carboxylic acids is 1. The van der Waals surface area contributed by atoms with Gasteiger partial charge >= 0.3 is 51.4 Å². The zero-order valence-corrected chi connectivity index (χ0v) is 36.4. The van der Waals surface area contributed by atoms with Gasteiger partial charge in [0.05, 0.1) is 18.1 Å². The first-order chi connectivity index (χ1) is 27.2. The van der Waals surface area contributed by atoms with Gasteiger partial charge in [0.2, 0.25) is 5.91 Å². The maximum absolute atomic E-state index is 15.3. The van der Waals surface area contributed by atoms with Crippen LogP contribution in [0, 0.1) is 17.6 Å². The van der Waals surface area contributed by atoms with E-state index in [1.165, 1.54) is 12.1 Å². The van der Waals surface area contributed by atoms with Crippen LogP contribution in [0.3, 0.4) is 0 Å². The van der Waals surface area contributed by atoms with Crippen molar-refractivity contribution in [2.75, 3.05) is 83.7 Å². The van der Waals surface area contributed by atoms with Crippen molar-refractivity contribution in [2.24, 2.45) is 11.7 Å². The molecule has 5 aliphatic heterocycles. The maximum Gasteiger partial charge on any atom is 1.00 e. The molecule has 16 heteroatoms. The molecule has 0 unspecified atom stereocenters. The number of aliphatic hydroxyl groups is 2. The first kappa shape index (κ1) is 46.8. The van der Waals surface area contributed by atoms with Crippen molar-refractivity contribution in [1.82, 2.24) is 15.1 Å². The molecule has 314 valence electrons. The molecule has 5 aliphatic rings. The number of halogens is 3. The molecule has 3 saturated heterocycles. The Bertz CT molecular complexity index is 1810. The second-order valence-electron chi connectivity index (χ2n) is 15.1. The average Bonchev–Trinajstić information content (AvgIpc) is 4.03. The molecular weight excluding hydrogens is 799 g/mol. The van der Waals surface area contributed by atoms with Crippen LogP contribution in [0.5, 0.6) is 23.0 Å². The summed E-state index contributed by atoms with van der Waals surface area (Å²) in [6.07, 6.45) is 2.90. The summed E-state index contributed by atoms with van der Waals surface area (Å²) in [7, 11) is 0. The van der Waals surface area contributed by atoms with Crippen LogP contribution < -0.4 is 86.3 Å². The topological polar surface area (TPSA) is 142 Å². The molecule has 5 atom stereocenters. The van der Waals surface area contributed by atoms with E-state index in [0.717, 1.165) is 64.1 Å². The Kier molecular flexibility index (Phi) is 17.7. The summed E-state index contributed by atoms with van der Waals surface area (Å²) >= 11 is 6.00. The molecule has 0 radical (unpaired) electrons. The van der Waals surface area contributed by atoms with E-state index in [1.54, 1.807) is 12.1 Å². The molecule has 58 heavy (non-hydrogen) atoms. The van der Waals surface area contributed by atoms with E-state index in [-0.39, 0.29) is 101 Å². The van der Waals surface area contributed by atoms with E-state index in [4.69, 9.17) is 36.3 Å². The van der Waals surface area contributed by atoms with Crippen LogP contribution >= 0.6 is 11.6 Å². The number of carbonyl (C=O) groups is 1. The van der Waals surface area contributed by atoms with Crippen molar-refractivity contribution in [3.05, 3.63) is 76.3 Å². The number of nitrogens with two attached hydrogens (primary N) is 1. The van der Waals surface area contributed by atoms with Gasteiger partial charge in [0.15, 0.2) is 34.6 Å². The van der Waals surface area contributed by atoms with E-state index in [0.29, 0.717) is 62.4 Å². The number of nitrogens with one attached hydrogen (secondary N) is 1. The third kappa shape index (κ3) is 11.3. The summed E-state index contributed by atoms with van der Waals surface area (Å²) in [4.78, 5) is 19.9. The molecular formula is C42H57ClF2KN5O7. The van der Waals surface area contributed by atoms with Gasteiger partial charge in [-0.05, 0) is 107 Å². The molecule has 0 aromatic heterocycles. The summed E-state index contributed by atoms with van der Waals surface area (Å²) in [6.45, 7) is 7.46. The van der Waals surface area contributed by atoms with E-state index in [9.17, 15) is 19.4 Å². The number of likely N-dealkylation sites (tertiary alicyclic amines) is 2. The number of ether oxygens (including phenoxy) is 4. The predicted octanol–water partition coefficient (Wildman–Crippen LogP) is 2.20. The number of hydrogen-bond acceptors (Lipinski definition) is 11. The summed E-state index contributed by atoms with van der Waals surface area (Å²) < 4.78 is 51.3. The Hall–Kier alpha value is -2.28. The predicted molar refractivity (Wildman–Crippen MR) is 216 cm³/mol. The van der Waals surface area contributed by atoms with Gasteiger partial charge in [0.1, 0.15) is 32.5 Å². The first-order valence-corrected chi connectivity index (χ1v) is 20.1. The van der Waals surface area contributed by atoms with Crippen molar-refractivity contribution in [2.45, 2.75) is 63.8 Å². The normalized spacial score (nSPS) is 20.8. The fourth-order valence-corrected chi connectivity index (χ4v) is 8.22. The van der Waals surface area contributed by atoms with Crippen molar-refractivity contribution in [3.63, 3.8) is 0 Å². The van der Waals surface area contributed by atoms with Crippen LogP contribution in [0.15, 0.2) is 48.5 Å². The fourth-order valence-electron chi connectivity index (χ4n) is 8.09. The Morgan fingerprint density at radius 1 is 0.776 bits per heavy atom. The maximum atomic E-state index is 15.3. The van der Waals surface area contributed by atoms with E-state index in [1.807, 2.05) is 24.3 Å². The number of rotatable bonds is 11. The molecule has 12 nitrogen and oxygen atoms in total. The molecule has 0 bridgehead atoms. The third-order valence-electron chi connectivity index (χ3n) is 11.2. The number of aliphatic hydroxyl groups excluding tert-OH is 2. The Morgan fingerprint density at radius 3 is 1.83 bits per heavy atom. The summed E-state index contributed by atoms with van der Waals surface area (Å²) in [6, 6.07) is 12.7. The Balaban J connectivity index is 0.000000277. The van der Waals surface area contributed by atoms with Gasteiger partial charge in [0, 0.05) is 54.1 Å². The molecule has 0 spiro atoms. The zero-order chi connectivity index (χ0) is 39.2. The summed E-state index contributed by atoms with van der Waals surface area (Å²) in [5, 5.41) is 25.3. The minimum absolute atomic E-state index is 0. The Labute approximate surface area is 389 Å². The van der Waals surface area contributed by atoms with Gasteiger partial charge in [-0.25, -0.2) is 8.78 Å².